The summed E-state index contributed by atoms with van der Waals surface area (Å²) in [6, 6.07) is 1.24. The number of esters is 2. The number of allylic oxidation sites excluding steroid dienone is 7. The van der Waals surface area contributed by atoms with Crippen molar-refractivity contribution in [3.05, 3.63) is 71.4 Å². The minimum Gasteiger partial charge on any atom is -0.462 e. The summed E-state index contributed by atoms with van der Waals surface area (Å²) in [5.74, 6) is -0.594. The van der Waals surface area contributed by atoms with Crippen molar-refractivity contribution in [3.8, 4) is 0 Å². The Hall–Kier alpha value is -3.32. The van der Waals surface area contributed by atoms with Crippen molar-refractivity contribution < 1.29 is 71.4 Å². The number of nitrogens with zero attached hydrogens (tertiary/aromatic N) is 2. The van der Waals surface area contributed by atoms with Crippen molar-refractivity contribution in [1.82, 2.24) is 9.55 Å². The predicted octanol–water partition coefficient (Wildman–Crippen LogP) is 10.2. The first-order valence-corrected chi connectivity index (χ1v) is 29.6. The van der Waals surface area contributed by atoms with Crippen molar-refractivity contribution in [1.29, 1.82) is 0 Å². The summed E-state index contributed by atoms with van der Waals surface area (Å²) < 4.78 is 56.8. The SMILES string of the molecule is CCCC[C@@H](O)/C=C\C/C=C\C/C=C\C/C=C\CCCC(=O)O[C@H](COC(=O)CCCCCCCCCCCCCCCCC(C)C)COP(=O)(O)OP(=O)(O)OC[C@H]1O[C@@H](n2ccc(N)nc2=O)[C@H](O)[C@@H]1O. The van der Waals surface area contributed by atoms with Gasteiger partial charge in [0, 0.05) is 19.0 Å². The van der Waals surface area contributed by atoms with Gasteiger partial charge in [-0.15, -0.1) is 0 Å². The highest BCUT2D eigenvalue weighted by molar-refractivity contribution is 7.61. The van der Waals surface area contributed by atoms with Gasteiger partial charge in [-0.1, -0.05) is 172 Å². The number of phosphoric acid groups is 2. The molecule has 73 heavy (non-hydrogen) atoms. The lowest BCUT2D eigenvalue weighted by Crippen LogP contribution is -2.36. The maximum absolute atomic E-state index is 12.9. The zero-order chi connectivity index (χ0) is 53.7. The fraction of sp³-hybridized carbons (Fsp3) is 0.731. The monoisotopic (exact) mass is 1070 g/mol. The molecule has 0 radical (unpaired) electrons. The molecule has 1 aromatic heterocycles. The molecule has 0 saturated carbocycles. The van der Waals surface area contributed by atoms with Gasteiger partial charge in [0.05, 0.1) is 19.3 Å². The molecule has 0 bridgehead atoms. The Morgan fingerprint density at radius 3 is 1.88 bits per heavy atom. The van der Waals surface area contributed by atoms with Crippen LogP contribution in [-0.4, -0.2) is 96.9 Å². The number of nitrogen functional groups attached to an aromatic ring is 1. The van der Waals surface area contributed by atoms with E-state index in [1.54, 1.807) is 0 Å². The van der Waals surface area contributed by atoms with E-state index in [1.807, 2.05) is 42.5 Å². The van der Waals surface area contributed by atoms with Crippen LogP contribution in [0.5, 0.6) is 0 Å². The molecular weight excluding hydrogens is 985 g/mol. The number of carbonyl (C=O) groups excluding carboxylic acids is 2. The first kappa shape index (κ1) is 65.8. The average Bonchev–Trinajstić information content (AvgIpc) is 3.61. The molecule has 8 atom stereocenters. The van der Waals surface area contributed by atoms with E-state index in [0.29, 0.717) is 25.7 Å². The van der Waals surface area contributed by atoms with E-state index in [9.17, 15) is 48.6 Å². The number of aliphatic hydroxyl groups is 3. The molecule has 21 heteroatoms. The van der Waals surface area contributed by atoms with Gasteiger partial charge in [-0.25, -0.2) is 13.9 Å². The molecule has 1 saturated heterocycles. The molecule has 0 spiro atoms. The van der Waals surface area contributed by atoms with Crippen LogP contribution in [-0.2, 0) is 46.3 Å². The lowest BCUT2D eigenvalue weighted by atomic mass is 10.0. The number of anilines is 1. The van der Waals surface area contributed by atoms with Crippen molar-refractivity contribution in [3.63, 3.8) is 0 Å². The quantitative estimate of drug-likeness (QED) is 0.0153. The van der Waals surface area contributed by atoms with Crippen LogP contribution in [0.25, 0.3) is 0 Å². The highest BCUT2D eigenvalue weighted by Gasteiger charge is 2.46. The topological polar surface area (TPSA) is 286 Å². The highest BCUT2D eigenvalue weighted by Crippen LogP contribution is 2.60. The van der Waals surface area contributed by atoms with E-state index in [2.05, 4.69) is 36.1 Å². The molecule has 1 aromatic rings. The third-order valence-corrected chi connectivity index (χ3v) is 14.5. The van der Waals surface area contributed by atoms with Gasteiger partial charge in [-0.2, -0.15) is 9.29 Å². The number of rotatable bonds is 43. The summed E-state index contributed by atoms with van der Waals surface area (Å²) in [5.41, 5.74) is 4.58. The van der Waals surface area contributed by atoms with Crippen LogP contribution >= 0.6 is 15.6 Å². The minimum absolute atomic E-state index is 0.0424. The van der Waals surface area contributed by atoms with Gasteiger partial charge in [0.15, 0.2) is 12.3 Å². The van der Waals surface area contributed by atoms with Crippen LogP contribution in [0, 0.1) is 5.92 Å². The lowest BCUT2D eigenvalue weighted by Gasteiger charge is -2.21. The maximum Gasteiger partial charge on any atom is 0.481 e. The zero-order valence-corrected chi connectivity index (χ0v) is 45.5. The molecule has 1 aliphatic rings. The Balaban J connectivity index is 1.81. The second-order valence-corrected chi connectivity index (χ2v) is 22.1. The van der Waals surface area contributed by atoms with E-state index >= 15 is 0 Å². The number of hydrogen-bond donors (Lipinski definition) is 6. The van der Waals surface area contributed by atoms with Crippen LogP contribution in [0.4, 0.5) is 5.82 Å². The molecule has 0 amide bonds. The lowest BCUT2D eigenvalue weighted by molar-refractivity contribution is -0.161. The van der Waals surface area contributed by atoms with Gasteiger partial charge >= 0.3 is 33.3 Å². The number of unbranched alkanes of at least 4 members (excludes halogenated alkanes) is 15. The Labute approximate surface area is 433 Å². The van der Waals surface area contributed by atoms with E-state index < -0.39 is 89.8 Å². The fourth-order valence-electron chi connectivity index (χ4n) is 7.75. The van der Waals surface area contributed by atoms with Gasteiger partial charge in [0.25, 0.3) is 0 Å². The molecular formula is C52H89N3O16P2. The van der Waals surface area contributed by atoms with E-state index in [4.69, 9.17) is 29.0 Å². The van der Waals surface area contributed by atoms with E-state index in [-0.39, 0.29) is 18.7 Å². The Bertz CT molecular complexity index is 1940. The fourth-order valence-corrected chi connectivity index (χ4v) is 9.86. The molecule has 7 N–H and O–H groups in total. The van der Waals surface area contributed by atoms with Crippen LogP contribution in [0.15, 0.2) is 65.7 Å². The smallest absolute Gasteiger partial charge is 0.462 e. The predicted molar refractivity (Wildman–Crippen MR) is 281 cm³/mol. The number of ether oxygens (including phenoxy) is 3. The van der Waals surface area contributed by atoms with Crippen LogP contribution in [0.1, 0.15) is 188 Å². The third-order valence-electron chi connectivity index (χ3n) is 11.9. The van der Waals surface area contributed by atoms with Gasteiger partial charge in [0.2, 0.25) is 0 Å². The Kier molecular flexibility index (Phi) is 35.3. The number of aromatic nitrogens is 2. The summed E-state index contributed by atoms with van der Waals surface area (Å²) in [5, 5.41) is 30.8. The van der Waals surface area contributed by atoms with Gasteiger partial charge in [-0.3, -0.25) is 23.2 Å². The molecule has 1 fully saturated rings. The molecule has 19 nitrogen and oxygen atoms in total. The van der Waals surface area contributed by atoms with Crippen LogP contribution in [0.3, 0.4) is 0 Å². The van der Waals surface area contributed by atoms with Crippen LogP contribution < -0.4 is 11.4 Å². The second kappa shape index (κ2) is 39.1. The summed E-state index contributed by atoms with van der Waals surface area (Å²) in [6.45, 7) is 4.28. The Morgan fingerprint density at radius 2 is 1.29 bits per heavy atom. The first-order chi connectivity index (χ1) is 34.9. The zero-order valence-electron chi connectivity index (χ0n) is 43.7. The second-order valence-electron chi connectivity index (χ2n) is 19.0. The normalized spacial score (nSPS) is 19.8. The number of carbonyl (C=O) groups is 2. The molecule has 2 rings (SSSR count). The van der Waals surface area contributed by atoms with Gasteiger partial charge < -0.3 is 45.1 Å². The standard InChI is InChI=1S/C52H89N3O16P2/c1-4-5-33-43(56)34-29-25-21-17-13-10-11-15-19-23-27-31-36-48(58)69-44(39-66-47(57)35-30-26-22-18-14-9-7-6-8-12-16-20-24-28-32-42(2)3)40-67-72(62,63)71-73(64,65)68-41-45-49(59)50(60)51(70-45)55-38-37-46(53)54-52(55)61/h10-11,17,19,21,23,29,34,37-38,42-45,49-51,56,59-60H,4-9,12-16,18,20,22,24-28,30-33,35-36,39-41H2,1-3H3,(H,62,63)(H,64,65)(H2,53,54,61)/b11-10-,21-17-,23-19-,34-29-/t43-,44-,45-,49-,50-,51-/m1/s1. The number of hydrogen-bond acceptors (Lipinski definition) is 16. The molecule has 2 heterocycles. The molecule has 0 aromatic carbocycles. The average molecular weight is 1070 g/mol. The molecule has 2 unspecified atom stereocenters. The number of aliphatic hydroxyl groups excluding tert-OH is 3. The minimum atomic E-state index is -5.45. The van der Waals surface area contributed by atoms with Gasteiger partial charge in [0.1, 0.15) is 30.7 Å². The number of nitrogens with two attached hydrogens (primary N) is 1. The van der Waals surface area contributed by atoms with Gasteiger partial charge in [-0.05, 0) is 56.9 Å². The van der Waals surface area contributed by atoms with Crippen molar-refractivity contribution in [2.75, 3.05) is 25.6 Å². The van der Waals surface area contributed by atoms with Crippen molar-refractivity contribution in [2.45, 2.75) is 218 Å². The van der Waals surface area contributed by atoms with Crippen molar-refractivity contribution >= 4 is 33.4 Å². The third kappa shape index (κ3) is 32.7. The number of phosphoric ester groups is 2. The maximum atomic E-state index is 12.9. The summed E-state index contributed by atoms with van der Waals surface area (Å²) in [7, 11) is -10.9. The van der Waals surface area contributed by atoms with E-state index in [0.717, 1.165) is 74.5 Å². The Morgan fingerprint density at radius 1 is 0.740 bits per heavy atom. The summed E-state index contributed by atoms with van der Waals surface area (Å²) in [4.78, 5) is 62.0. The highest BCUT2D eigenvalue weighted by atomic mass is 31.3. The molecule has 1 aliphatic heterocycles. The summed E-state index contributed by atoms with van der Waals surface area (Å²) >= 11 is 0. The first-order valence-electron chi connectivity index (χ1n) is 26.6. The molecule has 418 valence electrons. The molecule has 0 aliphatic carbocycles. The van der Waals surface area contributed by atoms with Crippen molar-refractivity contribution in [2.24, 2.45) is 5.92 Å². The largest absolute Gasteiger partial charge is 0.481 e. The van der Waals surface area contributed by atoms with Crippen LogP contribution in [0.2, 0.25) is 0 Å². The van der Waals surface area contributed by atoms with E-state index in [1.165, 1.54) is 70.3 Å². The summed E-state index contributed by atoms with van der Waals surface area (Å²) in [6.07, 6.45) is 32.5.